The van der Waals surface area contributed by atoms with Gasteiger partial charge >= 0.3 is 0 Å². The summed E-state index contributed by atoms with van der Waals surface area (Å²) in [6, 6.07) is 0. The number of nitrogens with one attached hydrogen (secondary N) is 4. The third-order valence-electron chi connectivity index (χ3n) is 2.57. The average Bonchev–Trinajstić information content (AvgIpc) is 2.50. The van der Waals surface area contributed by atoms with Gasteiger partial charge in [-0.2, -0.15) is 15.3 Å². The van der Waals surface area contributed by atoms with E-state index in [2.05, 4.69) is 36.9 Å². The van der Waals surface area contributed by atoms with Gasteiger partial charge in [-0.3, -0.25) is 15.0 Å². The van der Waals surface area contributed by atoms with Crippen molar-refractivity contribution < 1.29 is 9.59 Å². The highest BCUT2D eigenvalue weighted by Gasteiger charge is 2.17. The van der Waals surface area contributed by atoms with Crippen molar-refractivity contribution in [2.45, 2.75) is 26.7 Å². The van der Waals surface area contributed by atoms with Crippen LogP contribution in [0.15, 0.2) is 15.3 Å². The van der Waals surface area contributed by atoms with E-state index in [0.717, 1.165) is 0 Å². The number of carbonyl (C=O) groups is 2. The predicted octanol–water partition coefficient (Wildman–Crippen LogP) is -0.786. The first-order valence-corrected chi connectivity index (χ1v) is 6.57. The molecule has 0 radical (unpaired) electrons. The molecular weight excluding hydrogens is 294 g/mol. The monoisotopic (exact) mass is 311 g/mol. The number of hydrazone groups is 3. The van der Waals surface area contributed by atoms with E-state index in [-0.39, 0.29) is 24.5 Å². The molecule has 0 saturated carbocycles. The van der Waals surface area contributed by atoms with Gasteiger partial charge in [0.1, 0.15) is 5.71 Å². The minimum absolute atomic E-state index is 0.208. The maximum absolute atomic E-state index is 11.8. The number of amides is 2. The average molecular weight is 311 g/mol. The molecule has 0 aromatic heterocycles. The first kappa shape index (κ1) is 16.7. The van der Waals surface area contributed by atoms with Crippen molar-refractivity contribution in [1.29, 1.82) is 0 Å². The molecule has 1 rings (SSSR count). The first-order valence-electron chi connectivity index (χ1n) is 6.16. The molecule has 0 fully saturated rings. The van der Waals surface area contributed by atoms with Crippen LogP contribution < -0.4 is 21.6 Å². The topological polar surface area (TPSA) is 119 Å². The molecule has 0 unspecified atom stereocenters. The van der Waals surface area contributed by atoms with Crippen LogP contribution >= 0.6 is 12.2 Å². The summed E-state index contributed by atoms with van der Waals surface area (Å²) >= 11 is 4.87. The maximum Gasteiger partial charge on any atom is 0.287 e. The highest BCUT2D eigenvalue weighted by atomic mass is 32.1. The molecule has 0 aliphatic carbocycles. The molecule has 1 aliphatic rings. The molecule has 114 valence electrons. The van der Waals surface area contributed by atoms with Crippen molar-refractivity contribution >= 4 is 46.3 Å². The normalized spacial score (nSPS) is 15.8. The van der Waals surface area contributed by atoms with Crippen LogP contribution in [0.1, 0.15) is 26.7 Å². The molecule has 9 nitrogen and oxygen atoms in total. The van der Waals surface area contributed by atoms with Crippen molar-refractivity contribution in [3.8, 4) is 0 Å². The van der Waals surface area contributed by atoms with Crippen molar-refractivity contribution in [2.75, 3.05) is 7.05 Å². The Morgan fingerprint density at radius 2 is 1.86 bits per heavy atom. The minimum atomic E-state index is -0.458. The van der Waals surface area contributed by atoms with Gasteiger partial charge in [0.2, 0.25) is 5.91 Å². The van der Waals surface area contributed by atoms with E-state index < -0.39 is 5.91 Å². The van der Waals surface area contributed by atoms with E-state index in [9.17, 15) is 9.59 Å². The van der Waals surface area contributed by atoms with Gasteiger partial charge in [-0.05, 0) is 26.1 Å². The molecule has 0 atom stereocenters. The Kier molecular flexibility index (Phi) is 6.40. The zero-order valence-corrected chi connectivity index (χ0v) is 12.8. The van der Waals surface area contributed by atoms with Crippen molar-refractivity contribution in [1.82, 2.24) is 21.6 Å². The summed E-state index contributed by atoms with van der Waals surface area (Å²) in [6.07, 6.45) is 0.526. The minimum Gasteiger partial charge on any atom is -0.364 e. The fraction of sp³-hybridized carbons (Fsp3) is 0.455. The van der Waals surface area contributed by atoms with Crippen LogP contribution in [-0.4, -0.2) is 41.1 Å². The van der Waals surface area contributed by atoms with Gasteiger partial charge in [0, 0.05) is 19.9 Å². The van der Waals surface area contributed by atoms with E-state index in [1.165, 1.54) is 0 Å². The second kappa shape index (κ2) is 8.04. The predicted molar refractivity (Wildman–Crippen MR) is 84.0 cm³/mol. The number of nitrogens with zero attached hydrogens (tertiary/aromatic N) is 3. The van der Waals surface area contributed by atoms with Crippen LogP contribution in [0.3, 0.4) is 0 Å². The lowest BCUT2D eigenvalue weighted by Crippen LogP contribution is -2.35. The van der Waals surface area contributed by atoms with Gasteiger partial charge in [0.15, 0.2) is 5.11 Å². The van der Waals surface area contributed by atoms with Gasteiger partial charge in [-0.15, -0.1) is 0 Å². The molecule has 0 aromatic carbocycles. The number of hydrogen-bond acceptors (Lipinski definition) is 6. The second-order valence-electron chi connectivity index (χ2n) is 4.12. The third-order valence-corrected chi connectivity index (χ3v) is 2.86. The van der Waals surface area contributed by atoms with Crippen LogP contribution in [0.25, 0.3) is 0 Å². The molecule has 10 heteroatoms. The molecule has 1 heterocycles. The van der Waals surface area contributed by atoms with Crippen LogP contribution in [0.4, 0.5) is 0 Å². The lowest BCUT2D eigenvalue weighted by atomic mass is 10.2. The van der Waals surface area contributed by atoms with Crippen LogP contribution in [0.5, 0.6) is 0 Å². The maximum atomic E-state index is 11.8. The van der Waals surface area contributed by atoms with E-state index in [1.807, 2.05) is 0 Å². The fourth-order valence-corrected chi connectivity index (χ4v) is 1.23. The molecule has 0 spiro atoms. The van der Waals surface area contributed by atoms with E-state index in [0.29, 0.717) is 16.5 Å². The Balaban J connectivity index is 2.56. The Bertz CT molecular complexity index is 539. The number of rotatable bonds is 4. The molecule has 0 bridgehead atoms. The summed E-state index contributed by atoms with van der Waals surface area (Å²) in [5, 5.41) is 14.7. The van der Waals surface area contributed by atoms with E-state index >= 15 is 0 Å². The Labute approximate surface area is 127 Å². The fourth-order valence-electron chi connectivity index (χ4n) is 1.19. The Hall–Kier alpha value is -2.36. The van der Waals surface area contributed by atoms with Gasteiger partial charge in [0.05, 0.1) is 11.4 Å². The van der Waals surface area contributed by atoms with Crippen molar-refractivity contribution in [2.24, 2.45) is 15.3 Å². The third kappa shape index (κ3) is 5.65. The SMILES string of the molecule is CNC(=S)NN=C(C)C(C)=NNC(=O)C1=NNC(=O)CC1. The van der Waals surface area contributed by atoms with Crippen LogP contribution in [-0.2, 0) is 9.59 Å². The van der Waals surface area contributed by atoms with E-state index in [1.54, 1.807) is 20.9 Å². The van der Waals surface area contributed by atoms with Crippen LogP contribution in [0.2, 0.25) is 0 Å². The summed E-state index contributed by atoms with van der Waals surface area (Å²) < 4.78 is 0. The lowest BCUT2D eigenvalue weighted by Gasteiger charge is -2.10. The molecule has 0 saturated heterocycles. The van der Waals surface area contributed by atoms with Gasteiger partial charge in [0.25, 0.3) is 5.91 Å². The smallest absolute Gasteiger partial charge is 0.287 e. The number of hydrogen-bond donors (Lipinski definition) is 4. The Morgan fingerprint density at radius 3 is 2.38 bits per heavy atom. The molecule has 2 amide bonds. The van der Waals surface area contributed by atoms with Crippen LogP contribution in [0, 0.1) is 0 Å². The largest absolute Gasteiger partial charge is 0.364 e. The molecular formula is C11H17N7O2S. The van der Waals surface area contributed by atoms with Gasteiger partial charge in [-0.1, -0.05) is 0 Å². The summed E-state index contributed by atoms with van der Waals surface area (Å²) in [5.74, 6) is -0.665. The van der Waals surface area contributed by atoms with Crippen molar-refractivity contribution in [3.05, 3.63) is 0 Å². The standard InChI is InChI=1S/C11H17N7O2S/c1-6(7(2)14-18-11(21)12-3)13-17-10(20)8-4-5-9(19)16-15-8/h4-5H2,1-3H3,(H,16,19)(H,17,20)(H2,12,18,21). The highest BCUT2D eigenvalue weighted by molar-refractivity contribution is 7.80. The van der Waals surface area contributed by atoms with Gasteiger partial charge < -0.3 is 5.32 Å². The summed E-state index contributed by atoms with van der Waals surface area (Å²) in [6.45, 7) is 3.41. The van der Waals surface area contributed by atoms with Gasteiger partial charge in [-0.25, -0.2) is 10.9 Å². The number of thiocarbonyl (C=S) groups is 1. The highest BCUT2D eigenvalue weighted by Crippen LogP contribution is 1.99. The van der Waals surface area contributed by atoms with Crippen molar-refractivity contribution in [3.63, 3.8) is 0 Å². The molecule has 4 N–H and O–H groups in total. The zero-order valence-electron chi connectivity index (χ0n) is 12.0. The molecule has 21 heavy (non-hydrogen) atoms. The van der Waals surface area contributed by atoms with E-state index in [4.69, 9.17) is 12.2 Å². The quantitative estimate of drug-likeness (QED) is 0.308. The summed E-state index contributed by atoms with van der Waals surface area (Å²) in [4.78, 5) is 22.7. The number of carbonyl (C=O) groups excluding carboxylic acids is 2. The summed E-state index contributed by atoms with van der Waals surface area (Å²) in [7, 11) is 1.67. The summed E-state index contributed by atoms with van der Waals surface area (Å²) in [5.41, 5.74) is 8.52. The molecule has 1 aliphatic heterocycles. The first-order chi connectivity index (χ1) is 9.93. The lowest BCUT2D eigenvalue weighted by molar-refractivity contribution is -0.121. The second-order valence-corrected chi connectivity index (χ2v) is 4.53. The Morgan fingerprint density at radius 1 is 1.24 bits per heavy atom. The zero-order chi connectivity index (χ0) is 15.8. The molecule has 0 aromatic rings.